The topological polar surface area (TPSA) is 61.4 Å². The molecule has 0 aromatic heterocycles. The van der Waals surface area contributed by atoms with Crippen molar-refractivity contribution >= 4 is 30.1 Å². The first kappa shape index (κ1) is 16.0. The summed E-state index contributed by atoms with van der Waals surface area (Å²) in [5.41, 5.74) is 0. The Labute approximate surface area is 107 Å². The van der Waals surface area contributed by atoms with E-state index in [4.69, 9.17) is 0 Å². The Morgan fingerprint density at radius 1 is 1.62 bits per heavy atom. The van der Waals surface area contributed by atoms with Gasteiger partial charge >= 0.3 is 0 Å². The quantitative estimate of drug-likeness (QED) is 0.690. The minimum absolute atomic E-state index is 0. The smallest absolute Gasteiger partial charge is 0.237 e. The summed E-state index contributed by atoms with van der Waals surface area (Å²) in [5.74, 6) is -0.00586. The Bertz CT molecular complexity index is 239. The number of amides is 1. The molecule has 6 heteroatoms. The Kier molecular flexibility index (Phi) is 6.70. The highest BCUT2D eigenvalue weighted by Crippen LogP contribution is 2.19. The van der Waals surface area contributed by atoms with Crippen molar-refractivity contribution in [3.05, 3.63) is 0 Å². The van der Waals surface area contributed by atoms with Crippen LogP contribution in [0.1, 0.15) is 20.3 Å². The second-order valence-electron chi connectivity index (χ2n) is 4.53. The van der Waals surface area contributed by atoms with Crippen molar-refractivity contribution in [3.63, 3.8) is 0 Å². The van der Waals surface area contributed by atoms with E-state index in [-0.39, 0.29) is 35.2 Å². The van der Waals surface area contributed by atoms with Gasteiger partial charge in [-0.3, -0.25) is 4.79 Å². The fraction of sp³-hybridized carbons (Fsp3) is 0.900. The van der Waals surface area contributed by atoms with Gasteiger partial charge in [0.2, 0.25) is 5.91 Å². The Hall–Kier alpha value is 0.0300. The fourth-order valence-corrected chi connectivity index (χ4v) is 1.63. The molecule has 1 heterocycles. The molecule has 1 aliphatic rings. The number of hydrogen-bond donors (Lipinski definition) is 3. The molecule has 0 unspecified atom stereocenters. The third-order valence-corrected chi connectivity index (χ3v) is 3.91. The summed E-state index contributed by atoms with van der Waals surface area (Å²) in [6, 6.07) is -0.224. The molecule has 96 valence electrons. The predicted octanol–water partition coefficient (Wildman–Crippen LogP) is 0.389. The van der Waals surface area contributed by atoms with Gasteiger partial charge in [-0.15, -0.1) is 12.4 Å². The van der Waals surface area contributed by atoms with Gasteiger partial charge in [0.15, 0.2) is 0 Å². The van der Waals surface area contributed by atoms with Crippen LogP contribution in [0.3, 0.4) is 0 Å². The van der Waals surface area contributed by atoms with Crippen LogP contribution in [0.25, 0.3) is 0 Å². The van der Waals surface area contributed by atoms with E-state index >= 15 is 0 Å². The van der Waals surface area contributed by atoms with Gasteiger partial charge in [0.1, 0.15) is 0 Å². The number of aliphatic hydroxyl groups is 1. The third-order valence-electron chi connectivity index (χ3n) is 2.67. The summed E-state index contributed by atoms with van der Waals surface area (Å²) in [4.78, 5) is 11.7. The van der Waals surface area contributed by atoms with Crippen LogP contribution in [0, 0.1) is 0 Å². The van der Waals surface area contributed by atoms with Crippen molar-refractivity contribution in [2.75, 3.05) is 19.3 Å². The van der Waals surface area contributed by atoms with Crippen molar-refractivity contribution in [2.45, 2.75) is 37.2 Å². The van der Waals surface area contributed by atoms with Crippen LogP contribution in [0.2, 0.25) is 0 Å². The van der Waals surface area contributed by atoms with Gasteiger partial charge in [-0.25, -0.2) is 0 Å². The molecule has 1 fully saturated rings. The zero-order chi connectivity index (χ0) is 11.5. The number of nitrogens with one attached hydrogen (secondary N) is 2. The lowest BCUT2D eigenvalue weighted by molar-refractivity contribution is -0.123. The molecule has 1 rings (SSSR count). The molecule has 2 atom stereocenters. The Morgan fingerprint density at radius 3 is 2.69 bits per heavy atom. The zero-order valence-corrected chi connectivity index (χ0v) is 11.6. The molecule has 0 radical (unpaired) electrons. The number of thioether (sulfide) groups is 1. The average molecular weight is 269 g/mol. The van der Waals surface area contributed by atoms with E-state index in [0.29, 0.717) is 19.5 Å². The minimum atomic E-state index is -0.380. The minimum Gasteiger partial charge on any atom is -0.392 e. The van der Waals surface area contributed by atoms with Gasteiger partial charge in [0, 0.05) is 17.8 Å². The number of halogens is 1. The highest BCUT2D eigenvalue weighted by molar-refractivity contribution is 7.99. The van der Waals surface area contributed by atoms with Crippen LogP contribution in [0.4, 0.5) is 0 Å². The molecule has 0 aromatic carbocycles. The van der Waals surface area contributed by atoms with Gasteiger partial charge in [0.25, 0.3) is 0 Å². The lowest BCUT2D eigenvalue weighted by atomic mass is 10.1. The average Bonchev–Trinajstić information content (AvgIpc) is 2.61. The molecule has 1 saturated heterocycles. The standard InChI is InChI=1S/C10H20N2O2S.ClH/c1-10(2,15-3)6-12-9(14)8-4-7(13)5-11-8;/h7-8,11,13H,4-6H2,1-3H3,(H,12,14);1H/t7-,8+;/m0./s1. The van der Waals surface area contributed by atoms with Gasteiger partial charge in [-0.05, 0) is 26.5 Å². The van der Waals surface area contributed by atoms with Crippen molar-refractivity contribution in [1.82, 2.24) is 10.6 Å². The van der Waals surface area contributed by atoms with Crippen LogP contribution in [0.5, 0.6) is 0 Å². The summed E-state index contributed by atoms with van der Waals surface area (Å²) >= 11 is 1.73. The summed E-state index contributed by atoms with van der Waals surface area (Å²) in [6.07, 6.45) is 2.17. The number of carbonyl (C=O) groups is 1. The van der Waals surface area contributed by atoms with E-state index in [1.165, 1.54) is 0 Å². The Morgan fingerprint density at radius 2 is 2.25 bits per heavy atom. The number of β-amino-alcohol motifs (C(OH)–C–C–N with tert-alkyl or cyclic N) is 1. The summed E-state index contributed by atoms with van der Waals surface area (Å²) in [7, 11) is 0. The SMILES string of the molecule is CSC(C)(C)CNC(=O)[C@H]1C[C@H](O)CN1.Cl. The molecule has 0 bridgehead atoms. The van der Waals surface area contributed by atoms with Crippen LogP contribution in [0.15, 0.2) is 0 Å². The van der Waals surface area contributed by atoms with Gasteiger partial charge < -0.3 is 15.7 Å². The van der Waals surface area contributed by atoms with E-state index < -0.39 is 0 Å². The van der Waals surface area contributed by atoms with Crippen LogP contribution in [-0.2, 0) is 4.79 Å². The number of aliphatic hydroxyl groups excluding tert-OH is 1. The van der Waals surface area contributed by atoms with E-state index in [9.17, 15) is 9.90 Å². The number of hydrogen-bond acceptors (Lipinski definition) is 4. The highest BCUT2D eigenvalue weighted by atomic mass is 35.5. The summed E-state index contributed by atoms with van der Waals surface area (Å²) in [6.45, 7) is 5.36. The maximum Gasteiger partial charge on any atom is 0.237 e. The number of rotatable bonds is 4. The summed E-state index contributed by atoms with van der Waals surface area (Å²) in [5, 5.41) is 15.2. The molecular weight excluding hydrogens is 248 g/mol. The maximum absolute atomic E-state index is 11.7. The van der Waals surface area contributed by atoms with Crippen molar-refractivity contribution in [3.8, 4) is 0 Å². The van der Waals surface area contributed by atoms with E-state index in [2.05, 4.69) is 24.5 Å². The van der Waals surface area contributed by atoms with Crippen molar-refractivity contribution < 1.29 is 9.90 Å². The fourth-order valence-electron chi connectivity index (χ4n) is 1.41. The van der Waals surface area contributed by atoms with Crippen LogP contribution < -0.4 is 10.6 Å². The monoisotopic (exact) mass is 268 g/mol. The molecule has 0 aromatic rings. The first-order valence-corrected chi connectivity index (χ1v) is 6.41. The van der Waals surface area contributed by atoms with Crippen LogP contribution >= 0.6 is 24.2 Å². The molecule has 0 saturated carbocycles. The maximum atomic E-state index is 11.7. The lowest BCUT2D eigenvalue weighted by Gasteiger charge is -2.23. The normalized spacial score (nSPS) is 25.0. The molecule has 16 heavy (non-hydrogen) atoms. The molecule has 3 N–H and O–H groups in total. The molecule has 1 aliphatic heterocycles. The molecular formula is C10H21ClN2O2S. The number of carbonyl (C=O) groups excluding carboxylic acids is 1. The molecule has 4 nitrogen and oxygen atoms in total. The first-order valence-electron chi connectivity index (χ1n) is 5.19. The lowest BCUT2D eigenvalue weighted by Crippen LogP contribution is -2.44. The van der Waals surface area contributed by atoms with Gasteiger partial charge in [0.05, 0.1) is 12.1 Å². The molecule has 0 aliphatic carbocycles. The zero-order valence-electron chi connectivity index (χ0n) is 9.95. The van der Waals surface area contributed by atoms with Crippen molar-refractivity contribution in [2.24, 2.45) is 0 Å². The second-order valence-corrected chi connectivity index (χ2v) is 6.05. The predicted molar refractivity (Wildman–Crippen MR) is 70.3 cm³/mol. The second kappa shape index (κ2) is 6.69. The van der Waals surface area contributed by atoms with E-state index in [0.717, 1.165) is 0 Å². The van der Waals surface area contributed by atoms with Gasteiger partial charge in [-0.1, -0.05) is 0 Å². The largest absolute Gasteiger partial charge is 0.392 e. The molecule has 1 amide bonds. The van der Waals surface area contributed by atoms with Gasteiger partial charge in [-0.2, -0.15) is 11.8 Å². The third kappa shape index (κ3) is 4.91. The van der Waals surface area contributed by atoms with Crippen LogP contribution in [-0.4, -0.2) is 47.3 Å². The highest BCUT2D eigenvalue weighted by Gasteiger charge is 2.28. The van der Waals surface area contributed by atoms with E-state index in [1.54, 1.807) is 11.8 Å². The molecule has 0 spiro atoms. The summed E-state index contributed by atoms with van der Waals surface area (Å²) < 4.78 is 0.0624. The van der Waals surface area contributed by atoms with Crippen molar-refractivity contribution in [1.29, 1.82) is 0 Å². The first-order chi connectivity index (χ1) is 6.94. The Balaban J connectivity index is 0.00000225. The van der Waals surface area contributed by atoms with E-state index in [1.807, 2.05) is 6.26 Å².